The lowest BCUT2D eigenvalue weighted by Crippen LogP contribution is -2.27. The van der Waals surface area contributed by atoms with Gasteiger partial charge >= 0.3 is 0 Å². The van der Waals surface area contributed by atoms with Crippen LogP contribution in [0.1, 0.15) is 38.3 Å². The fraction of sp³-hybridized carbons (Fsp3) is 0.462. The lowest BCUT2D eigenvalue weighted by atomic mass is 10.1. The summed E-state index contributed by atoms with van der Waals surface area (Å²) in [7, 11) is 0. The summed E-state index contributed by atoms with van der Waals surface area (Å²) in [5.41, 5.74) is 1.05. The Bertz CT molecular complexity index is 379. The summed E-state index contributed by atoms with van der Waals surface area (Å²) in [5, 5.41) is 12.0. The van der Waals surface area contributed by atoms with Crippen molar-refractivity contribution >= 4 is 21.8 Å². The summed E-state index contributed by atoms with van der Waals surface area (Å²) in [5.74, 6) is -0.0332. The van der Waals surface area contributed by atoms with Crippen molar-refractivity contribution in [3.63, 3.8) is 0 Å². The smallest absolute Gasteiger partial charge is 0.220 e. The summed E-state index contributed by atoms with van der Waals surface area (Å²) in [6, 6.07) is 7.78. The van der Waals surface area contributed by atoms with E-state index >= 15 is 0 Å². The third-order valence-corrected chi connectivity index (χ3v) is 3.26. The van der Waals surface area contributed by atoms with Crippen LogP contribution in [0.15, 0.2) is 28.7 Å². The van der Waals surface area contributed by atoms with E-state index in [1.165, 1.54) is 0 Å². The van der Waals surface area contributed by atoms with Crippen molar-refractivity contribution in [3.05, 3.63) is 34.3 Å². The van der Waals surface area contributed by atoms with Crippen molar-refractivity contribution in [3.8, 4) is 0 Å². The van der Waals surface area contributed by atoms with Crippen LogP contribution < -0.4 is 5.32 Å². The van der Waals surface area contributed by atoms with Crippen LogP contribution in [0.5, 0.6) is 0 Å². The van der Waals surface area contributed by atoms with Crippen molar-refractivity contribution in [2.24, 2.45) is 0 Å². The predicted octanol–water partition coefficient (Wildman–Crippen LogP) is 2.79. The Hall–Kier alpha value is -0.870. The van der Waals surface area contributed by atoms with Crippen molar-refractivity contribution in [2.75, 3.05) is 0 Å². The fourth-order valence-electron chi connectivity index (χ4n) is 1.56. The maximum atomic E-state index is 11.6. The first kappa shape index (κ1) is 14.2. The molecule has 94 valence electrons. The van der Waals surface area contributed by atoms with Crippen LogP contribution in [0.3, 0.4) is 0 Å². The average molecular weight is 300 g/mol. The minimum atomic E-state index is -0.431. The molecule has 0 aromatic heterocycles. The maximum absolute atomic E-state index is 11.6. The molecule has 0 heterocycles. The number of halogens is 1. The van der Waals surface area contributed by atoms with Gasteiger partial charge in [0.05, 0.1) is 12.1 Å². The van der Waals surface area contributed by atoms with Crippen molar-refractivity contribution < 1.29 is 9.90 Å². The molecule has 2 N–H and O–H groups in total. The number of carbonyl (C=O) groups is 1. The Labute approximate surface area is 110 Å². The molecule has 0 aliphatic carbocycles. The second-order valence-electron chi connectivity index (χ2n) is 4.20. The second-order valence-corrected chi connectivity index (χ2v) is 5.05. The van der Waals surface area contributed by atoms with Crippen LogP contribution in [0.2, 0.25) is 0 Å². The third kappa shape index (κ3) is 4.88. The Balaban J connectivity index is 2.52. The van der Waals surface area contributed by atoms with Crippen LogP contribution in [0.4, 0.5) is 0 Å². The standard InChI is InChI=1S/C13H18BrNO2/c1-9(16)7-8-13(17)15-10(2)11-5-3-4-6-12(11)14/h3-6,9-10,16H,7-8H2,1-2H3,(H,15,17). The van der Waals surface area contributed by atoms with Crippen molar-refractivity contribution in [2.45, 2.75) is 38.8 Å². The van der Waals surface area contributed by atoms with Gasteiger partial charge in [-0.05, 0) is 31.9 Å². The molecular weight excluding hydrogens is 282 g/mol. The molecule has 4 heteroatoms. The second kappa shape index (κ2) is 6.77. The lowest BCUT2D eigenvalue weighted by molar-refractivity contribution is -0.122. The monoisotopic (exact) mass is 299 g/mol. The number of aliphatic hydroxyl groups excluding tert-OH is 1. The van der Waals surface area contributed by atoms with Gasteiger partial charge in [-0.15, -0.1) is 0 Å². The van der Waals surface area contributed by atoms with Crippen LogP contribution in [0, 0.1) is 0 Å². The van der Waals surface area contributed by atoms with Gasteiger partial charge in [-0.2, -0.15) is 0 Å². The number of hydrogen-bond acceptors (Lipinski definition) is 2. The van der Waals surface area contributed by atoms with E-state index in [2.05, 4.69) is 21.2 Å². The zero-order valence-corrected chi connectivity index (χ0v) is 11.7. The molecular formula is C13H18BrNO2. The van der Waals surface area contributed by atoms with E-state index in [0.29, 0.717) is 12.8 Å². The molecule has 0 aliphatic heterocycles. The Morgan fingerprint density at radius 1 is 1.41 bits per heavy atom. The number of carbonyl (C=O) groups excluding carboxylic acids is 1. The highest BCUT2D eigenvalue weighted by Gasteiger charge is 2.12. The highest BCUT2D eigenvalue weighted by Crippen LogP contribution is 2.22. The van der Waals surface area contributed by atoms with E-state index in [0.717, 1.165) is 10.0 Å². The van der Waals surface area contributed by atoms with E-state index in [-0.39, 0.29) is 11.9 Å². The van der Waals surface area contributed by atoms with Gasteiger partial charge in [0.15, 0.2) is 0 Å². The number of aliphatic hydroxyl groups is 1. The SMILES string of the molecule is CC(O)CCC(=O)NC(C)c1ccccc1Br. The number of amides is 1. The highest BCUT2D eigenvalue weighted by molar-refractivity contribution is 9.10. The molecule has 1 aromatic rings. The Morgan fingerprint density at radius 2 is 2.06 bits per heavy atom. The molecule has 0 radical (unpaired) electrons. The summed E-state index contributed by atoms with van der Waals surface area (Å²) in [6.45, 7) is 3.63. The molecule has 0 saturated heterocycles. The van der Waals surface area contributed by atoms with Gasteiger partial charge in [-0.3, -0.25) is 4.79 Å². The quantitative estimate of drug-likeness (QED) is 0.878. The number of benzene rings is 1. The van der Waals surface area contributed by atoms with Gasteiger partial charge in [-0.25, -0.2) is 0 Å². The molecule has 0 saturated carbocycles. The molecule has 0 fully saturated rings. The summed E-state index contributed by atoms with van der Waals surface area (Å²) >= 11 is 3.46. The Morgan fingerprint density at radius 3 is 2.65 bits per heavy atom. The zero-order chi connectivity index (χ0) is 12.8. The first-order chi connectivity index (χ1) is 8.00. The topological polar surface area (TPSA) is 49.3 Å². The van der Waals surface area contributed by atoms with Crippen LogP contribution in [-0.4, -0.2) is 17.1 Å². The van der Waals surface area contributed by atoms with Crippen molar-refractivity contribution in [1.82, 2.24) is 5.32 Å². The largest absolute Gasteiger partial charge is 0.393 e. The highest BCUT2D eigenvalue weighted by atomic mass is 79.9. The van der Waals surface area contributed by atoms with Crippen LogP contribution in [0.25, 0.3) is 0 Å². The molecule has 17 heavy (non-hydrogen) atoms. The number of hydrogen-bond donors (Lipinski definition) is 2. The molecule has 1 rings (SSSR count). The molecule has 3 nitrogen and oxygen atoms in total. The molecule has 2 unspecified atom stereocenters. The van der Waals surface area contributed by atoms with E-state index in [1.807, 2.05) is 31.2 Å². The van der Waals surface area contributed by atoms with Gasteiger partial charge in [-0.1, -0.05) is 34.1 Å². The minimum absolute atomic E-state index is 0.0332. The number of rotatable bonds is 5. The first-order valence-electron chi connectivity index (χ1n) is 5.72. The van der Waals surface area contributed by atoms with Gasteiger partial charge < -0.3 is 10.4 Å². The van der Waals surface area contributed by atoms with Gasteiger partial charge in [0.2, 0.25) is 5.91 Å². The Kier molecular flexibility index (Phi) is 5.65. The molecule has 2 atom stereocenters. The van der Waals surface area contributed by atoms with E-state index in [1.54, 1.807) is 6.92 Å². The normalized spacial score (nSPS) is 14.1. The average Bonchev–Trinajstić information content (AvgIpc) is 2.26. The number of nitrogens with one attached hydrogen (secondary N) is 1. The van der Waals surface area contributed by atoms with Gasteiger partial charge in [0.25, 0.3) is 0 Å². The van der Waals surface area contributed by atoms with E-state index < -0.39 is 6.10 Å². The molecule has 0 bridgehead atoms. The van der Waals surface area contributed by atoms with E-state index in [9.17, 15) is 4.79 Å². The zero-order valence-electron chi connectivity index (χ0n) is 10.1. The molecule has 0 spiro atoms. The van der Waals surface area contributed by atoms with Crippen molar-refractivity contribution in [1.29, 1.82) is 0 Å². The molecule has 1 amide bonds. The molecule has 1 aromatic carbocycles. The van der Waals surface area contributed by atoms with E-state index in [4.69, 9.17) is 5.11 Å². The predicted molar refractivity (Wildman–Crippen MR) is 71.6 cm³/mol. The summed E-state index contributed by atoms with van der Waals surface area (Å²) < 4.78 is 0.989. The first-order valence-corrected chi connectivity index (χ1v) is 6.52. The fourth-order valence-corrected chi connectivity index (χ4v) is 2.19. The van der Waals surface area contributed by atoms with Crippen LogP contribution >= 0.6 is 15.9 Å². The maximum Gasteiger partial charge on any atom is 0.220 e. The summed E-state index contributed by atoms with van der Waals surface area (Å²) in [4.78, 5) is 11.6. The molecule has 0 aliphatic rings. The van der Waals surface area contributed by atoms with Gasteiger partial charge in [0, 0.05) is 10.9 Å². The third-order valence-electron chi connectivity index (χ3n) is 2.54. The lowest BCUT2D eigenvalue weighted by Gasteiger charge is -2.16. The van der Waals surface area contributed by atoms with Crippen LogP contribution in [-0.2, 0) is 4.79 Å². The minimum Gasteiger partial charge on any atom is -0.393 e. The van der Waals surface area contributed by atoms with Gasteiger partial charge in [0.1, 0.15) is 0 Å². The summed E-state index contributed by atoms with van der Waals surface area (Å²) in [6.07, 6.45) is 0.417.